The third kappa shape index (κ3) is 10.3. The first-order valence-corrected chi connectivity index (χ1v) is 8.73. The van der Waals surface area contributed by atoms with Gasteiger partial charge in [-0.15, -0.1) is 0 Å². The standard InChI is InChI=1S/C12H22O2.C8H6O4/c1-4-6-8-9-11(3)12(13)14-10-7-5-2;9-7(10)5-2-1-3-6(4-5)8(11)12/h9H,4-8,10H2,1-3H3;1-4H,(H,9,10)(H,11,12). The summed E-state index contributed by atoms with van der Waals surface area (Å²) >= 11 is 0. The summed E-state index contributed by atoms with van der Waals surface area (Å²) in [6.07, 6.45) is 7.26. The molecule has 0 radical (unpaired) electrons. The Hall–Kier alpha value is -2.63. The highest BCUT2D eigenvalue weighted by Crippen LogP contribution is 2.05. The van der Waals surface area contributed by atoms with Crippen LogP contribution in [0.15, 0.2) is 35.9 Å². The number of unbranched alkanes of at least 4 members (excludes halogenated alkanes) is 3. The molecule has 0 bridgehead atoms. The van der Waals surface area contributed by atoms with Crippen LogP contribution >= 0.6 is 0 Å². The van der Waals surface area contributed by atoms with E-state index in [0.717, 1.165) is 43.7 Å². The number of carbonyl (C=O) groups is 3. The van der Waals surface area contributed by atoms with Crippen LogP contribution in [0.25, 0.3) is 0 Å². The number of carbonyl (C=O) groups excluding carboxylic acids is 1. The summed E-state index contributed by atoms with van der Waals surface area (Å²) < 4.78 is 5.07. The highest BCUT2D eigenvalue weighted by Gasteiger charge is 2.06. The first-order valence-electron chi connectivity index (χ1n) is 8.73. The number of carboxylic acids is 2. The lowest BCUT2D eigenvalue weighted by atomic mass is 10.1. The molecule has 0 atom stereocenters. The van der Waals surface area contributed by atoms with Crippen molar-refractivity contribution in [2.45, 2.75) is 52.9 Å². The van der Waals surface area contributed by atoms with Crippen LogP contribution < -0.4 is 0 Å². The lowest BCUT2D eigenvalue weighted by Crippen LogP contribution is -2.06. The van der Waals surface area contributed by atoms with Gasteiger partial charge in [-0.1, -0.05) is 45.3 Å². The summed E-state index contributed by atoms with van der Waals surface area (Å²) in [5.41, 5.74) is 0.708. The SMILES string of the molecule is CCCCC=C(C)C(=O)OCCCC.O=C(O)c1cccc(C(=O)O)c1. The van der Waals surface area contributed by atoms with Crippen molar-refractivity contribution in [3.8, 4) is 0 Å². The minimum absolute atomic E-state index is 0.0186. The third-order valence-electron chi connectivity index (χ3n) is 3.42. The number of ether oxygens (including phenoxy) is 1. The first kappa shape index (κ1) is 23.4. The quantitative estimate of drug-likeness (QED) is 0.379. The molecule has 0 spiro atoms. The fourth-order valence-electron chi connectivity index (χ4n) is 1.81. The average molecular weight is 364 g/mol. The van der Waals surface area contributed by atoms with Crippen LogP contribution in [0.2, 0.25) is 0 Å². The van der Waals surface area contributed by atoms with Gasteiger partial charge in [0.25, 0.3) is 0 Å². The van der Waals surface area contributed by atoms with E-state index in [2.05, 4.69) is 13.8 Å². The Morgan fingerprint density at radius 2 is 1.54 bits per heavy atom. The van der Waals surface area contributed by atoms with Gasteiger partial charge in [0.2, 0.25) is 0 Å². The van der Waals surface area contributed by atoms with Gasteiger partial charge in [0.1, 0.15) is 0 Å². The molecule has 6 nitrogen and oxygen atoms in total. The molecule has 0 aliphatic carbocycles. The number of aromatic carboxylic acids is 2. The highest BCUT2D eigenvalue weighted by atomic mass is 16.5. The minimum Gasteiger partial charge on any atom is -0.478 e. The van der Waals surface area contributed by atoms with Crippen molar-refractivity contribution in [1.82, 2.24) is 0 Å². The summed E-state index contributed by atoms with van der Waals surface area (Å²) in [5, 5.41) is 17.0. The summed E-state index contributed by atoms with van der Waals surface area (Å²) in [7, 11) is 0. The van der Waals surface area contributed by atoms with Gasteiger partial charge in [-0.25, -0.2) is 14.4 Å². The number of esters is 1. The summed E-state index contributed by atoms with van der Waals surface area (Å²) in [5.74, 6) is -2.41. The molecule has 0 amide bonds. The smallest absolute Gasteiger partial charge is 0.335 e. The average Bonchev–Trinajstić information content (AvgIpc) is 2.62. The molecule has 0 saturated carbocycles. The second kappa shape index (κ2) is 13.6. The summed E-state index contributed by atoms with van der Waals surface area (Å²) in [4.78, 5) is 32.1. The monoisotopic (exact) mass is 364 g/mol. The third-order valence-corrected chi connectivity index (χ3v) is 3.42. The molecule has 1 aromatic rings. The van der Waals surface area contributed by atoms with E-state index < -0.39 is 11.9 Å². The lowest BCUT2D eigenvalue weighted by Gasteiger charge is -2.03. The Morgan fingerprint density at radius 3 is 2.00 bits per heavy atom. The first-order chi connectivity index (χ1) is 12.3. The zero-order valence-electron chi connectivity index (χ0n) is 15.7. The van der Waals surface area contributed by atoms with Gasteiger partial charge >= 0.3 is 17.9 Å². The molecule has 144 valence electrons. The zero-order chi connectivity index (χ0) is 19.9. The van der Waals surface area contributed by atoms with Gasteiger partial charge in [0.05, 0.1) is 17.7 Å². The van der Waals surface area contributed by atoms with Crippen LogP contribution in [-0.2, 0) is 9.53 Å². The Kier molecular flexibility index (Phi) is 12.3. The minimum atomic E-state index is -1.13. The van der Waals surface area contributed by atoms with Crippen LogP contribution in [0.1, 0.15) is 73.6 Å². The van der Waals surface area contributed by atoms with E-state index in [0.29, 0.717) is 6.61 Å². The molecule has 0 saturated heterocycles. The number of hydrogen-bond donors (Lipinski definition) is 2. The maximum atomic E-state index is 11.3. The number of carboxylic acid groups (broad SMARTS) is 2. The van der Waals surface area contributed by atoms with E-state index in [9.17, 15) is 14.4 Å². The van der Waals surface area contributed by atoms with Crippen molar-refractivity contribution in [2.75, 3.05) is 6.61 Å². The molecule has 0 heterocycles. The predicted molar refractivity (Wildman–Crippen MR) is 99.5 cm³/mol. The molecule has 2 N–H and O–H groups in total. The molecule has 0 unspecified atom stereocenters. The predicted octanol–water partition coefficient (Wildman–Crippen LogP) is 4.55. The van der Waals surface area contributed by atoms with Gasteiger partial charge in [-0.2, -0.15) is 0 Å². The van der Waals surface area contributed by atoms with Crippen LogP contribution in [-0.4, -0.2) is 34.7 Å². The van der Waals surface area contributed by atoms with E-state index in [1.54, 1.807) is 0 Å². The fourth-order valence-corrected chi connectivity index (χ4v) is 1.81. The Bertz CT molecular complexity index is 589. The second-order valence-corrected chi connectivity index (χ2v) is 5.71. The largest absolute Gasteiger partial charge is 0.478 e. The Labute approximate surface area is 154 Å². The zero-order valence-corrected chi connectivity index (χ0v) is 15.7. The van der Waals surface area contributed by atoms with Crippen LogP contribution in [0.3, 0.4) is 0 Å². The summed E-state index contributed by atoms with van der Waals surface area (Å²) in [6, 6.07) is 5.20. The molecule has 6 heteroatoms. The van der Waals surface area contributed by atoms with E-state index in [-0.39, 0.29) is 17.1 Å². The van der Waals surface area contributed by atoms with E-state index in [1.165, 1.54) is 18.2 Å². The number of allylic oxidation sites excluding steroid dienone is 1. The molecule has 1 aromatic carbocycles. The number of hydrogen-bond acceptors (Lipinski definition) is 4. The van der Waals surface area contributed by atoms with Crippen LogP contribution in [0.5, 0.6) is 0 Å². The maximum Gasteiger partial charge on any atom is 0.335 e. The normalized spacial score (nSPS) is 10.5. The van der Waals surface area contributed by atoms with Gasteiger partial charge in [-0.05, 0) is 38.0 Å². The molecule has 0 aromatic heterocycles. The van der Waals surface area contributed by atoms with Crippen molar-refractivity contribution >= 4 is 17.9 Å². The van der Waals surface area contributed by atoms with E-state index in [4.69, 9.17) is 14.9 Å². The number of benzene rings is 1. The van der Waals surface area contributed by atoms with E-state index in [1.807, 2.05) is 13.0 Å². The van der Waals surface area contributed by atoms with Gasteiger partial charge < -0.3 is 14.9 Å². The highest BCUT2D eigenvalue weighted by molar-refractivity contribution is 5.93. The molecule has 0 aliphatic rings. The summed E-state index contributed by atoms with van der Waals surface area (Å²) in [6.45, 7) is 6.60. The molecular weight excluding hydrogens is 336 g/mol. The molecular formula is C20H28O6. The van der Waals surface area contributed by atoms with Crippen molar-refractivity contribution in [3.05, 3.63) is 47.0 Å². The van der Waals surface area contributed by atoms with Gasteiger partial charge in [0.15, 0.2) is 0 Å². The molecule has 0 fully saturated rings. The Balaban J connectivity index is 0.000000485. The van der Waals surface area contributed by atoms with Crippen LogP contribution in [0, 0.1) is 0 Å². The molecule has 26 heavy (non-hydrogen) atoms. The lowest BCUT2D eigenvalue weighted by molar-refractivity contribution is -0.139. The van der Waals surface area contributed by atoms with Crippen molar-refractivity contribution in [1.29, 1.82) is 0 Å². The second-order valence-electron chi connectivity index (χ2n) is 5.71. The topological polar surface area (TPSA) is 101 Å². The molecule has 0 aliphatic heterocycles. The van der Waals surface area contributed by atoms with Crippen molar-refractivity contribution in [3.63, 3.8) is 0 Å². The van der Waals surface area contributed by atoms with Crippen LogP contribution in [0.4, 0.5) is 0 Å². The fraction of sp³-hybridized carbons (Fsp3) is 0.450. The Morgan fingerprint density at radius 1 is 1.00 bits per heavy atom. The van der Waals surface area contributed by atoms with Gasteiger partial charge in [0, 0.05) is 5.57 Å². The van der Waals surface area contributed by atoms with Crippen molar-refractivity contribution in [2.24, 2.45) is 0 Å². The van der Waals surface area contributed by atoms with Crippen molar-refractivity contribution < 1.29 is 29.3 Å². The maximum absolute atomic E-state index is 11.3. The molecule has 1 rings (SSSR count). The van der Waals surface area contributed by atoms with Gasteiger partial charge in [-0.3, -0.25) is 0 Å². The van der Waals surface area contributed by atoms with E-state index >= 15 is 0 Å². The number of rotatable bonds is 9.